The maximum atomic E-state index is 5.80. The van der Waals surface area contributed by atoms with Gasteiger partial charge in [-0.2, -0.15) is 0 Å². The highest BCUT2D eigenvalue weighted by atomic mass is 32.1. The molecule has 0 spiro atoms. The first-order valence-corrected chi connectivity index (χ1v) is 6.69. The van der Waals surface area contributed by atoms with Crippen LogP contribution >= 0.6 is 12.2 Å². The number of nitrogens with two attached hydrogens (primary N) is 1. The molecular weight excluding hydrogens is 260 g/mol. The van der Waals surface area contributed by atoms with E-state index >= 15 is 0 Å². The van der Waals surface area contributed by atoms with Crippen LogP contribution in [0.4, 0.5) is 11.4 Å². The number of piperazine rings is 1. The van der Waals surface area contributed by atoms with Crippen LogP contribution in [-0.4, -0.2) is 55.2 Å². The molecule has 1 aliphatic heterocycles. The average molecular weight is 280 g/mol. The van der Waals surface area contributed by atoms with Crippen LogP contribution in [0, 0.1) is 0 Å². The Kier molecular flexibility index (Phi) is 4.44. The van der Waals surface area contributed by atoms with Crippen molar-refractivity contribution in [2.45, 2.75) is 0 Å². The predicted octanol–water partition coefficient (Wildman–Crippen LogP) is 1.22. The lowest BCUT2D eigenvalue weighted by Crippen LogP contribution is -2.48. The van der Waals surface area contributed by atoms with Crippen molar-refractivity contribution < 1.29 is 4.74 Å². The van der Waals surface area contributed by atoms with Crippen molar-refractivity contribution in [2.75, 3.05) is 51.4 Å². The molecule has 1 aromatic rings. The van der Waals surface area contributed by atoms with Crippen LogP contribution in [-0.2, 0) is 0 Å². The zero-order valence-electron chi connectivity index (χ0n) is 11.3. The number of likely N-dealkylation sites (N-methyl/N-ethyl adjacent to an activating group) is 1. The van der Waals surface area contributed by atoms with E-state index in [0.29, 0.717) is 5.69 Å². The topological polar surface area (TPSA) is 53.8 Å². The van der Waals surface area contributed by atoms with E-state index < -0.39 is 0 Å². The summed E-state index contributed by atoms with van der Waals surface area (Å²) in [6.45, 7) is 3.92. The molecule has 1 saturated heterocycles. The summed E-state index contributed by atoms with van der Waals surface area (Å²) in [5.74, 6) is 0.741. The molecule has 0 saturated carbocycles. The van der Waals surface area contributed by atoms with Gasteiger partial charge in [0.2, 0.25) is 0 Å². The minimum absolute atomic E-state index is 0.685. The van der Waals surface area contributed by atoms with Gasteiger partial charge in [0.15, 0.2) is 5.11 Å². The molecule has 0 bridgehead atoms. The highest BCUT2D eigenvalue weighted by Crippen LogP contribution is 2.26. The molecule has 0 amide bonds. The monoisotopic (exact) mass is 280 g/mol. The van der Waals surface area contributed by atoms with Crippen molar-refractivity contribution in [3.8, 4) is 5.75 Å². The van der Waals surface area contributed by atoms with Gasteiger partial charge in [-0.15, -0.1) is 0 Å². The van der Waals surface area contributed by atoms with E-state index in [4.69, 9.17) is 22.7 Å². The van der Waals surface area contributed by atoms with Gasteiger partial charge in [-0.25, -0.2) is 0 Å². The van der Waals surface area contributed by atoms with E-state index in [1.165, 1.54) is 0 Å². The molecular formula is C13H20N4OS. The summed E-state index contributed by atoms with van der Waals surface area (Å²) >= 11 is 5.45. The van der Waals surface area contributed by atoms with Gasteiger partial charge in [0.05, 0.1) is 12.8 Å². The fraction of sp³-hybridized carbons (Fsp3) is 0.462. The van der Waals surface area contributed by atoms with Gasteiger partial charge >= 0.3 is 0 Å². The first-order valence-electron chi connectivity index (χ1n) is 6.28. The largest absolute Gasteiger partial charge is 0.495 e. The number of rotatable bonds is 2. The molecule has 104 valence electrons. The van der Waals surface area contributed by atoms with Crippen LogP contribution in [0.15, 0.2) is 18.2 Å². The zero-order chi connectivity index (χ0) is 13.8. The quantitative estimate of drug-likeness (QED) is 0.627. The molecule has 1 heterocycles. The number of nitrogens with zero attached hydrogens (tertiary/aromatic N) is 2. The zero-order valence-corrected chi connectivity index (χ0v) is 12.2. The molecule has 1 fully saturated rings. The Morgan fingerprint density at radius 3 is 2.63 bits per heavy atom. The van der Waals surface area contributed by atoms with Crippen LogP contribution in [0.2, 0.25) is 0 Å². The Bertz CT molecular complexity index is 458. The summed E-state index contributed by atoms with van der Waals surface area (Å²) in [6, 6.07) is 5.48. The molecule has 6 heteroatoms. The van der Waals surface area contributed by atoms with E-state index in [1.807, 2.05) is 18.2 Å². The first-order chi connectivity index (χ1) is 9.10. The number of hydrogen-bond acceptors (Lipinski definition) is 4. The lowest BCUT2D eigenvalue weighted by atomic mass is 10.2. The molecule has 2 rings (SSSR count). The van der Waals surface area contributed by atoms with Crippen molar-refractivity contribution in [3.05, 3.63) is 18.2 Å². The molecule has 1 aliphatic rings. The van der Waals surface area contributed by atoms with Crippen LogP contribution in [0.3, 0.4) is 0 Å². The van der Waals surface area contributed by atoms with Crippen LogP contribution in [0.1, 0.15) is 0 Å². The fourth-order valence-corrected chi connectivity index (χ4v) is 2.32. The van der Waals surface area contributed by atoms with Crippen molar-refractivity contribution in [2.24, 2.45) is 0 Å². The van der Waals surface area contributed by atoms with Crippen LogP contribution in [0.25, 0.3) is 0 Å². The second-order valence-corrected chi connectivity index (χ2v) is 5.07. The Balaban J connectivity index is 2.04. The normalized spacial score (nSPS) is 16.2. The van der Waals surface area contributed by atoms with Gasteiger partial charge in [0.25, 0.3) is 0 Å². The van der Waals surface area contributed by atoms with E-state index in [9.17, 15) is 0 Å². The number of methoxy groups -OCH3 is 1. The predicted molar refractivity (Wildman–Crippen MR) is 82.7 cm³/mol. The second kappa shape index (κ2) is 6.08. The van der Waals surface area contributed by atoms with Gasteiger partial charge < -0.3 is 25.6 Å². The molecule has 0 aromatic heterocycles. The smallest absolute Gasteiger partial charge is 0.173 e. The van der Waals surface area contributed by atoms with Gasteiger partial charge in [0.1, 0.15) is 5.75 Å². The highest BCUT2D eigenvalue weighted by Gasteiger charge is 2.17. The third-order valence-electron chi connectivity index (χ3n) is 3.26. The molecule has 0 aliphatic carbocycles. The Morgan fingerprint density at radius 2 is 2.00 bits per heavy atom. The summed E-state index contributed by atoms with van der Waals surface area (Å²) < 4.78 is 5.30. The number of hydrogen-bond donors (Lipinski definition) is 2. The van der Waals surface area contributed by atoms with Crippen molar-refractivity contribution in [1.82, 2.24) is 9.80 Å². The number of anilines is 2. The number of benzene rings is 1. The average Bonchev–Trinajstić information content (AvgIpc) is 2.39. The molecule has 19 heavy (non-hydrogen) atoms. The Labute approximate surface area is 119 Å². The van der Waals surface area contributed by atoms with E-state index in [0.717, 1.165) is 42.7 Å². The maximum Gasteiger partial charge on any atom is 0.173 e. The lowest BCUT2D eigenvalue weighted by Gasteiger charge is -2.34. The molecule has 5 nitrogen and oxygen atoms in total. The van der Waals surface area contributed by atoms with Gasteiger partial charge in [-0.05, 0) is 37.5 Å². The highest BCUT2D eigenvalue weighted by molar-refractivity contribution is 7.80. The summed E-state index contributed by atoms with van der Waals surface area (Å²) in [4.78, 5) is 4.46. The minimum atomic E-state index is 0.685. The molecule has 0 radical (unpaired) electrons. The number of nitrogens with one attached hydrogen (secondary N) is 1. The summed E-state index contributed by atoms with van der Waals surface area (Å²) in [7, 11) is 3.75. The standard InChI is InChI=1S/C13H20N4OS/c1-16-5-7-17(8-6-16)13(19)15-11-9-10(14)3-4-12(11)18-2/h3-4,9H,5-8,14H2,1-2H3,(H,15,19). The van der Waals surface area contributed by atoms with E-state index in [2.05, 4.69) is 22.2 Å². The maximum absolute atomic E-state index is 5.80. The molecule has 3 N–H and O–H groups in total. The molecule has 1 aromatic carbocycles. The number of nitrogen functional groups attached to an aromatic ring is 1. The third-order valence-corrected chi connectivity index (χ3v) is 3.62. The van der Waals surface area contributed by atoms with Crippen molar-refractivity contribution in [1.29, 1.82) is 0 Å². The first kappa shape index (κ1) is 13.9. The second-order valence-electron chi connectivity index (χ2n) is 4.68. The Morgan fingerprint density at radius 1 is 1.32 bits per heavy atom. The van der Waals surface area contributed by atoms with Gasteiger partial charge in [0, 0.05) is 31.9 Å². The third kappa shape index (κ3) is 3.48. The molecule has 0 unspecified atom stereocenters. The SMILES string of the molecule is COc1ccc(N)cc1NC(=S)N1CCN(C)CC1. The summed E-state index contributed by atoms with van der Waals surface area (Å²) in [5, 5.41) is 3.94. The van der Waals surface area contributed by atoms with Crippen LogP contribution in [0.5, 0.6) is 5.75 Å². The number of ether oxygens (including phenoxy) is 1. The van der Waals surface area contributed by atoms with Crippen molar-refractivity contribution >= 4 is 28.7 Å². The van der Waals surface area contributed by atoms with Gasteiger partial charge in [-0.3, -0.25) is 0 Å². The fourth-order valence-electron chi connectivity index (χ4n) is 2.03. The number of thiocarbonyl (C=S) groups is 1. The van der Waals surface area contributed by atoms with Crippen LogP contribution < -0.4 is 15.8 Å². The lowest BCUT2D eigenvalue weighted by molar-refractivity contribution is 0.217. The minimum Gasteiger partial charge on any atom is -0.495 e. The van der Waals surface area contributed by atoms with Gasteiger partial charge in [-0.1, -0.05) is 0 Å². The van der Waals surface area contributed by atoms with E-state index in [-0.39, 0.29) is 0 Å². The molecule has 0 atom stereocenters. The van der Waals surface area contributed by atoms with Crippen molar-refractivity contribution in [3.63, 3.8) is 0 Å². The Hall–Kier alpha value is -1.53. The van der Waals surface area contributed by atoms with E-state index in [1.54, 1.807) is 7.11 Å². The summed E-state index contributed by atoms with van der Waals surface area (Å²) in [6.07, 6.45) is 0. The summed E-state index contributed by atoms with van der Waals surface area (Å²) in [5.41, 5.74) is 7.29.